The monoisotopic (exact) mass is 514 g/mol. The molecular formula is C24H24BrFN4O3. The fourth-order valence-corrected chi connectivity index (χ4v) is 4.47. The molecule has 1 aliphatic rings. The molecule has 1 saturated carbocycles. The Balaban J connectivity index is 1.59. The highest BCUT2D eigenvalue weighted by atomic mass is 79.9. The lowest BCUT2D eigenvalue weighted by atomic mass is 9.99. The summed E-state index contributed by atoms with van der Waals surface area (Å²) in [5.41, 5.74) is 3.04. The number of nitrogens with zero attached hydrogens (tertiary/aromatic N) is 3. The van der Waals surface area contributed by atoms with Crippen molar-refractivity contribution in [1.82, 2.24) is 14.5 Å². The topological polar surface area (TPSA) is 88.6 Å². The van der Waals surface area contributed by atoms with Gasteiger partial charge >= 0.3 is 6.09 Å². The molecule has 1 atom stereocenters. The van der Waals surface area contributed by atoms with Crippen LogP contribution in [0.5, 0.6) is 0 Å². The lowest BCUT2D eigenvalue weighted by molar-refractivity contribution is 0.0931. The molecule has 33 heavy (non-hydrogen) atoms. The van der Waals surface area contributed by atoms with Crippen molar-refractivity contribution in [2.45, 2.75) is 32.4 Å². The second-order valence-electron chi connectivity index (χ2n) is 8.38. The number of halogens is 2. The van der Waals surface area contributed by atoms with Crippen LogP contribution in [0, 0.1) is 18.7 Å². The molecule has 0 saturated heterocycles. The van der Waals surface area contributed by atoms with Crippen molar-refractivity contribution in [1.29, 1.82) is 0 Å². The van der Waals surface area contributed by atoms with E-state index in [0.29, 0.717) is 23.6 Å². The minimum absolute atomic E-state index is 0.177. The fraction of sp³-hybridized carbons (Fsp3) is 0.292. The predicted octanol–water partition coefficient (Wildman–Crippen LogP) is 4.54. The summed E-state index contributed by atoms with van der Waals surface area (Å²) in [6.45, 7) is 2.06. The molecule has 1 heterocycles. The van der Waals surface area contributed by atoms with E-state index >= 15 is 0 Å². The van der Waals surface area contributed by atoms with Crippen LogP contribution in [-0.4, -0.2) is 26.2 Å². The third kappa shape index (κ3) is 5.42. The Morgan fingerprint density at radius 2 is 2.00 bits per heavy atom. The second-order valence-corrected chi connectivity index (χ2v) is 9.29. The van der Waals surface area contributed by atoms with Crippen LogP contribution >= 0.6 is 15.9 Å². The molecule has 1 aromatic heterocycles. The maximum atomic E-state index is 13.7. The van der Waals surface area contributed by atoms with Gasteiger partial charge in [0.1, 0.15) is 5.82 Å². The van der Waals surface area contributed by atoms with Crippen molar-refractivity contribution in [3.05, 3.63) is 87.0 Å². The van der Waals surface area contributed by atoms with E-state index in [1.807, 2.05) is 6.07 Å². The summed E-state index contributed by atoms with van der Waals surface area (Å²) in [5.74, 6) is -0.140. The van der Waals surface area contributed by atoms with E-state index < -0.39 is 6.09 Å². The van der Waals surface area contributed by atoms with Gasteiger partial charge in [0.15, 0.2) is 0 Å². The molecule has 3 aromatic rings. The summed E-state index contributed by atoms with van der Waals surface area (Å²) in [5, 5.41) is 12.2. The molecule has 2 amide bonds. The van der Waals surface area contributed by atoms with Crippen LogP contribution in [0.15, 0.2) is 58.3 Å². The van der Waals surface area contributed by atoms with Crippen molar-refractivity contribution in [3.8, 4) is 0 Å². The zero-order valence-electron chi connectivity index (χ0n) is 18.3. The van der Waals surface area contributed by atoms with Crippen molar-refractivity contribution < 1.29 is 19.1 Å². The highest BCUT2D eigenvalue weighted by molar-refractivity contribution is 9.10. The number of hydrogen-bond donors (Lipinski definition) is 2. The SMILES string of the molecule is Cc1cc([C@@H](NC(=O)c2cc(Br)cc(Cn3ccn(C)/c3=N\C(=O)O)c2)C2CC2)ccc1F. The maximum absolute atomic E-state index is 13.7. The quantitative estimate of drug-likeness (QED) is 0.505. The third-order valence-corrected chi connectivity index (χ3v) is 6.19. The normalized spacial score (nSPS) is 14.8. The number of carbonyl (C=O) groups is 2. The van der Waals surface area contributed by atoms with Crippen LogP contribution in [0.1, 0.15) is 45.9 Å². The van der Waals surface area contributed by atoms with E-state index in [9.17, 15) is 14.0 Å². The second kappa shape index (κ2) is 9.35. The third-order valence-electron chi connectivity index (χ3n) is 5.73. The lowest BCUT2D eigenvalue weighted by Gasteiger charge is -2.20. The van der Waals surface area contributed by atoms with Crippen LogP contribution in [-0.2, 0) is 13.6 Å². The first-order valence-electron chi connectivity index (χ1n) is 10.6. The van der Waals surface area contributed by atoms with Gasteiger partial charge in [-0.3, -0.25) is 4.79 Å². The number of aromatic nitrogens is 2. The minimum Gasteiger partial charge on any atom is -0.463 e. The average molecular weight is 515 g/mol. The minimum atomic E-state index is -1.28. The van der Waals surface area contributed by atoms with Gasteiger partial charge in [0.25, 0.3) is 5.91 Å². The van der Waals surface area contributed by atoms with Gasteiger partial charge in [-0.1, -0.05) is 28.1 Å². The molecule has 0 bridgehead atoms. The summed E-state index contributed by atoms with van der Waals surface area (Å²) >= 11 is 3.47. The van der Waals surface area contributed by atoms with Crippen LogP contribution in [0.4, 0.5) is 9.18 Å². The van der Waals surface area contributed by atoms with Crippen LogP contribution in [0.25, 0.3) is 0 Å². The maximum Gasteiger partial charge on any atom is 0.434 e. The highest BCUT2D eigenvalue weighted by Gasteiger charge is 2.34. The Labute approximate surface area is 198 Å². The highest BCUT2D eigenvalue weighted by Crippen LogP contribution is 2.41. The summed E-state index contributed by atoms with van der Waals surface area (Å²) < 4.78 is 17.8. The first-order valence-corrected chi connectivity index (χ1v) is 11.4. The van der Waals surface area contributed by atoms with Gasteiger partial charge < -0.3 is 19.6 Å². The molecule has 0 radical (unpaired) electrons. The Bertz CT molecular complexity index is 1290. The summed E-state index contributed by atoms with van der Waals surface area (Å²) in [6.07, 6.45) is 4.22. The lowest BCUT2D eigenvalue weighted by Crippen LogP contribution is -2.30. The molecule has 2 aromatic carbocycles. The van der Waals surface area contributed by atoms with Crippen LogP contribution in [0.3, 0.4) is 0 Å². The van der Waals surface area contributed by atoms with E-state index in [1.165, 1.54) is 6.07 Å². The van der Waals surface area contributed by atoms with Gasteiger partial charge in [-0.15, -0.1) is 4.99 Å². The number of carbonyl (C=O) groups excluding carboxylic acids is 1. The molecule has 0 unspecified atom stereocenters. The number of carboxylic acid groups (broad SMARTS) is 1. The molecule has 9 heteroatoms. The first-order chi connectivity index (χ1) is 15.7. The standard InChI is InChI=1S/C24H24BrFN4O3/c1-14-9-17(5-6-20(14)26)21(16-3-4-16)27-22(31)18-10-15(11-19(25)12-18)13-30-8-7-29(2)23(30)28-24(32)33/h5-12,16,21H,3-4,13H2,1-2H3,(H,27,31)(H,32,33)/b28-23+/t21-/m0/s1. The number of amides is 2. The first kappa shape index (κ1) is 23.0. The average Bonchev–Trinajstić information content (AvgIpc) is 3.54. The number of benzene rings is 2. The molecule has 1 aliphatic carbocycles. The van der Waals surface area contributed by atoms with Crippen LogP contribution in [0.2, 0.25) is 0 Å². The van der Waals surface area contributed by atoms with Gasteiger partial charge in [-0.25, -0.2) is 9.18 Å². The number of aryl methyl sites for hydroxylation is 2. The molecular weight excluding hydrogens is 491 g/mol. The van der Waals surface area contributed by atoms with Crippen molar-refractivity contribution in [2.24, 2.45) is 18.0 Å². The predicted molar refractivity (Wildman–Crippen MR) is 124 cm³/mol. The fourth-order valence-electron chi connectivity index (χ4n) is 3.93. The Kier molecular flexibility index (Phi) is 6.51. The van der Waals surface area contributed by atoms with Gasteiger partial charge in [-0.2, -0.15) is 0 Å². The molecule has 1 fully saturated rings. The van der Waals surface area contributed by atoms with Gasteiger partial charge in [0, 0.05) is 29.5 Å². The van der Waals surface area contributed by atoms with Crippen molar-refractivity contribution in [2.75, 3.05) is 0 Å². The number of rotatable bonds is 6. The van der Waals surface area contributed by atoms with E-state index in [-0.39, 0.29) is 23.4 Å². The molecule has 0 aliphatic heterocycles. The van der Waals surface area contributed by atoms with Crippen molar-refractivity contribution >= 4 is 27.9 Å². The Morgan fingerprint density at radius 3 is 2.67 bits per heavy atom. The Morgan fingerprint density at radius 1 is 1.24 bits per heavy atom. The Hall–Kier alpha value is -3.20. The zero-order chi connectivity index (χ0) is 23.7. The van der Waals surface area contributed by atoms with Crippen LogP contribution < -0.4 is 10.9 Å². The molecule has 0 spiro atoms. The smallest absolute Gasteiger partial charge is 0.434 e. The van der Waals surface area contributed by atoms with Gasteiger partial charge in [0.05, 0.1) is 12.6 Å². The number of hydrogen-bond acceptors (Lipinski definition) is 2. The summed E-state index contributed by atoms with van der Waals surface area (Å²) in [7, 11) is 1.72. The van der Waals surface area contributed by atoms with Gasteiger partial charge in [0.2, 0.25) is 5.62 Å². The van der Waals surface area contributed by atoms with E-state index in [1.54, 1.807) is 59.8 Å². The molecule has 172 valence electrons. The largest absolute Gasteiger partial charge is 0.463 e. The molecule has 7 nitrogen and oxygen atoms in total. The van der Waals surface area contributed by atoms with E-state index in [0.717, 1.165) is 28.4 Å². The number of imidazole rings is 1. The van der Waals surface area contributed by atoms with E-state index in [4.69, 9.17) is 5.11 Å². The summed E-state index contributed by atoms with van der Waals surface area (Å²) in [6, 6.07) is 10.2. The van der Waals surface area contributed by atoms with Gasteiger partial charge in [-0.05, 0) is 66.6 Å². The molecule has 4 rings (SSSR count). The zero-order valence-corrected chi connectivity index (χ0v) is 19.8. The molecule has 2 N–H and O–H groups in total. The van der Waals surface area contributed by atoms with Crippen molar-refractivity contribution in [3.63, 3.8) is 0 Å². The number of nitrogens with one attached hydrogen (secondary N) is 1. The van der Waals surface area contributed by atoms with E-state index in [2.05, 4.69) is 26.2 Å². The summed E-state index contributed by atoms with van der Waals surface area (Å²) in [4.78, 5) is 27.9.